The van der Waals surface area contributed by atoms with Crippen LogP contribution in [-0.2, 0) is 0 Å². The van der Waals surface area contributed by atoms with Crippen molar-refractivity contribution in [2.24, 2.45) is 0 Å². The average molecular weight is 375 g/mol. The van der Waals surface area contributed by atoms with Gasteiger partial charge in [-0.2, -0.15) is 0 Å². The molecular formula is C18H21ClLiO4P. The van der Waals surface area contributed by atoms with E-state index in [1.807, 2.05) is 32.0 Å². The van der Waals surface area contributed by atoms with Crippen LogP contribution >= 0.6 is 20.2 Å². The molecule has 2 aromatic carbocycles. The minimum Gasteiger partial charge on any atom is -1.00 e. The van der Waals surface area contributed by atoms with E-state index >= 15 is 0 Å². The number of halogens is 1. The van der Waals surface area contributed by atoms with E-state index in [0.717, 1.165) is 11.1 Å². The quantitative estimate of drug-likeness (QED) is 0.518. The maximum absolute atomic E-state index is 12.7. The molecule has 7 heteroatoms. The molecule has 1 unspecified atom stereocenters. The van der Waals surface area contributed by atoms with Crippen LogP contribution in [0.25, 0.3) is 0 Å². The number of carbonyl (C=O) groups is 1. The summed E-state index contributed by atoms with van der Waals surface area (Å²) in [5.41, 5.74) is 0.305. The van der Waals surface area contributed by atoms with Gasteiger partial charge in [-0.05, 0) is 46.7 Å². The Morgan fingerprint density at radius 3 is 2.48 bits per heavy atom. The van der Waals surface area contributed by atoms with Crippen LogP contribution < -0.4 is 38.4 Å². The minimum absolute atomic E-state index is 0. The van der Waals surface area contributed by atoms with Crippen LogP contribution in [0, 0.1) is 0 Å². The Kier molecular flexibility index (Phi) is 9.39. The van der Waals surface area contributed by atoms with Crippen molar-refractivity contribution in [1.29, 1.82) is 0 Å². The predicted molar refractivity (Wildman–Crippen MR) is 100 cm³/mol. The molecular weight excluding hydrogens is 354 g/mol. The standard InChI is InChI=1S/C18H20ClO4P.Li.H/c1-4-22-12-9-10-16(15(11-12)23-5-2)24-18(20)17-13(19)7-6-8-14(17)21-3;;/h6-11,24H,4-5H2,1-3H3;;/q;+1;-1. The Bertz CT molecular complexity index is 730. The normalized spacial score (nSPS) is 10.4. The fourth-order valence-corrected chi connectivity index (χ4v) is 3.61. The van der Waals surface area contributed by atoms with Crippen molar-refractivity contribution in [1.82, 2.24) is 0 Å². The number of hydrogen-bond donors (Lipinski definition) is 0. The predicted octanol–water partition coefficient (Wildman–Crippen LogP) is 1.41. The molecule has 0 saturated carbocycles. The first-order valence-electron chi connectivity index (χ1n) is 7.64. The van der Waals surface area contributed by atoms with Crippen LogP contribution in [0.1, 0.15) is 25.6 Å². The van der Waals surface area contributed by atoms with Crippen molar-refractivity contribution in [2.75, 3.05) is 20.3 Å². The largest absolute Gasteiger partial charge is 1.00 e. The second-order valence-corrected chi connectivity index (χ2v) is 6.45. The summed E-state index contributed by atoms with van der Waals surface area (Å²) in [5, 5.41) is 1.20. The Labute approximate surface area is 168 Å². The van der Waals surface area contributed by atoms with Crippen molar-refractivity contribution in [3.05, 3.63) is 47.0 Å². The van der Waals surface area contributed by atoms with E-state index in [1.165, 1.54) is 7.11 Å². The number of rotatable bonds is 8. The molecule has 0 amide bonds. The Balaban J connectivity index is 0.00000312. The smallest absolute Gasteiger partial charge is 1.00 e. The molecule has 0 aliphatic heterocycles. The van der Waals surface area contributed by atoms with E-state index in [1.54, 1.807) is 18.2 Å². The van der Waals surface area contributed by atoms with Crippen LogP contribution in [-0.4, -0.2) is 25.8 Å². The number of methoxy groups -OCH3 is 1. The summed E-state index contributed by atoms with van der Waals surface area (Å²) >= 11 is 6.19. The number of carbonyl (C=O) groups excluding carboxylic acids is 1. The van der Waals surface area contributed by atoms with Crippen LogP contribution in [0.5, 0.6) is 17.2 Å². The fraction of sp³-hybridized carbons (Fsp3) is 0.278. The van der Waals surface area contributed by atoms with E-state index in [4.69, 9.17) is 25.8 Å². The molecule has 4 nitrogen and oxygen atoms in total. The maximum atomic E-state index is 12.7. The van der Waals surface area contributed by atoms with E-state index in [9.17, 15) is 4.79 Å². The molecule has 0 bridgehead atoms. The SMILES string of the molecule is CCOc1ccc(PC(=O)c2c(Cl)cccc2OC)c(OCC)c1.[H-].[Li+]. The summed E-state index contributed by atoms with van der Waals surface area (Å²) in [4.78, 5) is 12.7. The molecule has 0 aromatic heterocycles. The number of ether oxygens (including phenoxy) is 3. The third kappa shape index (κ3) is 5.66. The molecule has 2 aromatic rings. The van der Waals surface area contributed by atoms with Gasteiger partial charge in [0.25, 0.3) is 0 Å². The van der Waals surface area contributed by atoms with Crippen LogP contribution in [0.3, 0.4) is 0 Å². The molecule has 130 valence electrons. The monoisotopic (exact) mass is 374 g/mol. The van der Waals surface area contributed by atoms with E-state index in [-0.39, 0.29) is 34.4 Å². The first-order chi connectivity index (χ1) is 11.6. The molecule has 0 fully saturated rings. The molecule has 0 aliphatic carbocycles. The molecule has 0 saturated heterocycles. The van der Waals surface area contributed by atoms with Gasteiger partial charge >= 0.3 is 18.9 Å². The average Bonchev–Trinajstić information content (AvgIpc) is 2.57. The summed E-state index contributed by atoms with van der Waals surface area (Å²) < 4.78 is 16.4. The molecule has 2 rings (SSSR count). The number of hydrogen-bond acceptors (Lipinski definition) is 4. The van der Waals surface area contributed by atoms with Gasteiger partial charge in [0.05, 0.1) is 30.9 Å². The van der Waals surface area contributed by atoms with Crippen molar-refractivity contribution in [3.8, 4) is 17.2 Å². The third-order valence-corrected chi connectivity index (χ3v) is 4.71. The maximum Gasteiger partial charge on any atom is 1.00 e. The molecule has 0 aliphatic rings. The summed E-state index contributed by atoms with van der Waals surface area (Å²) in [6, 6.07) is 10.7. The Morgan fingerprint density at radius 2 is 1.84 bits per heavy atom. The van der Waals surface area contributed by atoms with Gasteiger partial charge in [-0.3, -0.25) is 4.79 Å². The van der Waals surface area contributed by atoms with Crippen LogP contribution in [0.2, 0.25) is 5.02 Å². The van der Waals surface area contributed by atoms with Gasteiger partial charge in [-0.1, -0.05) is 17.7 Å². The second kappa shape index (κ2) is 10.7. The van der Waals surface area contributed by atoms with Gasteiger partial charge < -0.3 is 15.6 Å². The first kappa shape index (κ1) is 21.9. The first-order valence-corrected chi connectivity index (χ1v) is 9.02. The minimum atomic E-state index is -0.125. The zero-order chi connectivity index (χ0) is 17.5. The Hall–Kier alpha value is -1.17. The Morgan fingerprint density at radius 1 is 1.12 bits per heavy atom. The van der Waals surface area contributed by atoms with Crippen LogP contribution in [0.15, 0.2) is 36.4 Å². The van der Waals surface area contributed by atoms with Crippen molar-refractivity contribution >= 4 is 31.0 Å². The van der Waals surface area contributed by atoms with Gasteiger partial charge in [-0.25, -0.2) is 0 Å². The summed E-state index contributed by atoms with van der Waals surface area (Å²) in [7, 11) is 1.40. The summed E-state index contributed by atoms with van der Waals surface area (Å²) in [6.45, 7) is 4.90. The fourth-order valence-electron chi connectivity index (χ4n) is 2.22. The summed E-state index contributed by atoms with van der Waals surface area (Å²) in [5.74, 6) is 1.85. The molecule has 0 spiro atoms. The molecule has 0 heterocycles. The van der Waals surface area contributed by atoms with Gasteiger partial charge in [0.15, 0.2) is 5.52 Å². The van der Waals surface area contributed by atoms with Crippen molar-refractivity contribution in [3.63, 3.8) is 0 Å². The van der Waals surface area contributed by atoms with E-state index < -0.39 is 0 Å². The topological polar surface area (TPSA) is 44.8 Å². The molecule has 0 N–H and O–H groups in total. The van der Waals surface area contributed by atoms with Crippen LogP contribution in [0.4, 0.5) is 0 Å². The van der Waals surface area contributed by atoms with Gasteiger partial charge in [-0.15, -0.1) is 0 Å². The van der Waals surface area contributed by atoms with Crippen molar-refractivity contribution < 1.29 is 39.3 Å². The zero-order valence-electron chi connectivity index (χ0n) is 15.9. The summed E-state index contributed by atoms with van der Waals surface area (Å²) in [6.07, 6.45) is 0. The zero-order valence-corrected chi connectivity index (χ0v) is 16.6. The van der Waals surface area contributed by atoms with Crippen molar-refractivity contribution in [2.45, 2.75) is 13.8 Å². The van der Waals surface area contributed by atoms with E-state index in [2.05, 4.69) is 0 Å². The van der Waals surface area contributed by atoms with E-state index in [0.29, 0.717) is 35.3 Å². The van der Waals surface area contributed by atoms with Gasteiger partial charge in [0.2, 0.25) is 0 Å². The molecule has 1 atom stereocenters. The van der Waals surface area contributed by atoms with Gasteiger partial charge in [0.1, 0.15) is 17.2 Å². The molecule has 25 heavy (non-hydrogen) atoms. The third-order valence-electron chi connectivity index (χ3n) is 3.23. The molecule has 0 radical (unpaired) electrons. The second-order valence-electron chi connectivity index (χ2n) is 4.80. The number of benzene rings is 2. The van der Waals surface area contributed by atoms with Gasteiger partial charge in [0, 0.05) is 11.4 Å².